The zero-order valence-electron chi connectivity index (χ0n) is 19.2. The van der Waals surface area contributed by atoms with Crippen LogP contribution in [0.3, 0.4) is 0 Å². The Kier molecular flexibility index (Phi) is 6.77. The Morgan fingerprint density at radius 2 is 1.97 bits per heavy atom. The molecule has 8 heteroatoms. The molecule has 2 heterocycles. The number of aromatic nitrogens is 1. The number of amides is 1. The molecule has 0 bridgehead atoms. The van der Waals surface area contributed by atoms with Crippen molar-refractivity contribution in [2.45, 2.75) is 32.7 Å². The van der Waals surface area contributed by atoms with Crippen LogP contribution in [0, 0.1) is 5.82 Å². The summed E-state index contributed by atoms with van der Waals surface area (Å²) in [6.45, 7) is 4.43. The van der Waals surface area contributed by atoms with E-state index in [4.69, 9.17) is 4.74 Å². The molecule has 0 unspecified atom stereocenters. The number of fused-ring (bicyclic) bond motifs is 1. The highest BCUT2D eigenvalue weighted by molar-refractivity contribution is 5.95. The number of carbonyl (C=O) groups is 1. The second-order valence-electron chi connectivity index (χ2n) is 8.29. The minimum atomic E-state index is -2.88. The molecule has 4 rings (SSSR count). The maximum Gasteiger partial charge on any atom is 0.266 e. The second-order valence-corrected chi connectivity index (χ2v) is 8.29. The van der Waals surface area contributed by atoms with Crippen molar-refractivity contribution in [2.24, 2.45) is 0 Å². The van der Waals surface area contributed by atoms with Crippen molar-refractivity contribution in [3.8, 4) is 5.75 Å². The van der Waals surface area contributed by atoms with Crippen LogP contribution in [-0.2, 0) is 4.79 Å². The van der Waals surface area contributed by atoms with E-state index in [1.807, 2.05) is 18.2 Å². The van der Waals surface area contributed by atoms with Crippen LogP contribution in [-0.4, -0.2) is 36.0 Å². The summed E-state index contributed by atoms with van der Waals surface area (Å²) < 4.78 is 46.6. The zero-order valence-corrected chi connectivity index (χ0v) is 19.2. The molecule has 0 saturated heterocycles. The first-order valence-corrected chi connectivity index (χ1v) is 11.0. The molecule has 1 aliphatic heterocycles. The molecule has 1 amide bonds. The van der Waals surface area contributed by atoms with Gasteiger partial charge >= 0.3 is 0 Å². The van der Waals surface area contributed by atoms with Crippen molar-refractivity contribution in [3.63, 3.8) is 0 Å². The number of anilines is 1. The lowest BCUT2D eigenvalue weighted by atomic mass is 9.96. The summed E-state index contributed by atoms with van der Waals surface area (Å²) in [5, 5.41) is 4.06. The number of methoxy groups -OCH3 is 1. The van der Waals surface area contributed by atoms with Crippen LogP contribution in [0.25, 0.3) is 16.5 Å². The normalized spacial score (nSPS) is 14.8. The third-order valence-corrected chi connectivity index (χ3v) is 6.20. The maximum atomic E-state index is 14.7. The molecule has 1 N–H and O–H groups in total. The van der Waals surface area contributed by atoms with E-state index in [1.54, 1.807) is 38.1 Å². The lowest BCUT2D eigenvalue weighted by molar-refractivity contribution is -0.128. The van der Waals surface area contributed by atoms with E-state index in [0.717, 1.165) is 22.6 Å². The van der Waals surface area contributed by atoms with Crippen LogP contribution in [0.2, 0.25) is 0 Å². The molecule has 0 radical (unpaired) electrons. The molecular weight excluding hydrogens is 443 g/mol. The van der Waals surface area contributed by atoms with E-state index in [2.05, 4.69) is 10.3 Å². The summed E-state index contributed by atoms with van der Waals surface area (Å²) in [5.74, 6) is -0.197. The second kappa shape index (κ2) is 9.75. The highest BCUT2D eigenvalue weighted by Crippen LogP contribution is 2.37. The van der Waals surface area contributed by atoms with Gasteiger partial charge in [0.2, 0.25) is 5.91 Å². The largest absolute Gasteiger partial charge is 0.496 e. The lowest BCUT2D eigenvalue weighted by Crippen LogP contribution is -2.32. The van der Waals surface area contributed by atoms with Crippen molar-refractivity contribution in [1.29, 1.82) is 0 Å². The van der Waals surface area contributed by atoms with E-state index < -0.39 is 23.8 Å². The Morgan fingerprint density at radius 3 is 2.62 bits per heavy atom. The van der Waals surface area contributed by atoms with Gasteiger partial charge in [-0.15, -0.1) is 0 Å². The van der Waals surface area contributed by atoms with Gasteiger partial charge in [-0.2, -0.15) is 0 Å². The zero-order chi connectivity index (χ0) is 24.4. The van der Waals surface area contributed by atoms with Crippen LogP contribution in [0.5, 0.6) is 5.75 Å². The number of ether oxygens (including phenoxy) is 1. The number of pyridine rings is 1. The van der Waals surface area contributed by atoms with Crippen molar-refractivity contribution < 1.29 is 22.7 Å². The Balaban J connectivity index is 1.72. The molecule has 0 aliphatic carbocycles. The topological polar surface area (TPSA) is 54.5 Å². The van der Waals surface area contributed by atoms with Gasteiger partial charge in [-0.1, -0.05) is 24.3 Å². The van der Waals surface area contributed by atoms with Crippen LogP contribution in [0.1, 0.15) is 49.4 Å². The van der Waals surface area contributed by atoms with Gasteiger partial charge in [0.05, 0.1) is 24.2 Å². The van der Waals surface area contributed by atoms with Crippen molar-refractivity contribution in [2.75, 3.05) is 25.5 Å². The van der Waals surface area contributed by atoms with Gasteiger partial charge in [0.15, 0.2) is 0 Å². The number of hydrogen-bond acceptors (Lipinski definition) is 4. The minimum absolute atomic E-state index is 0.0357. The predicted octanol–water partition coefficient (Wildman–Crippen LogP) is 6.13. The van der Waals surface area contributed by atoms with E-state index in [0.29, 0.717) is 36.5 Å². The first kappa shape index (κ1) is 23.6. The quantitative estimate of drug-likeness (QED) is 0.472. The summed E-state index contributed by atoms with van der Waals surface area (Å²) in [6, 6.07) is 9.07. The van der Waals surface area contributed by atoms with Gasteiger partial charge < -0.3 is 15.0 Å². The number of alkyl halides is 2. The van der Waals surface area contributed by atoms with Crippen molar-refractivity contribution in [3.05, 3.63) is 71.2 Å². The number of nitrogens with one attached hydrogen (secondary N) is 1. The molecule has 1 atom stereocenters. The lowest BCUT2D eigenvalue weighted by Gasteiger charge is -2.26. The van der Waals surface area contributed by atoms with Gasteiger partial charge in [-0.3, -0.25) is 9.78 Å². The number of carbonyl (C=O) groups excluding carboxylic acids is 1. The maximum absolute atomic E-state index is 14.7. The fourth-order valence-corrected chi connectivity index (χ4v) is 4.30. The first-order chi connectivity index (χ1) is 16.3. The van der Waals surface area contributed by atoms with Gasteiger partial charge in [0.25, 0.3) is 6.43 Å². The number of rotatable bonds is 6. The number of halogens is 3. The van der Waals surface area contributed by atoms with Crippen LogP contribution in [0.15, 0.2) is 48.7 Å². The highest BCUT2D eigenvalue weighted by atomic mass is 19.3. The molecule has 1 aliphatic rings. The minimum Gasteiger partial charge on any atom is -0.496 e. The van der Waals surface area contributed by atoms with Gasteiger partial charge in [0.1, 0.15) is 11.6 Å². The molecule has 5 nitrogen and oxygen atoms in total. The Hall–Kier alpha value is -3.55. The Bertz CT molecular complexity index is 1260. The predicted molar refractivity (Wildman–Crippen MR) is 127 cm³/mol. The molecule has 1 aromatic heterocycles. The fourth-order valence-electron chi connectivity index (χ4n) is 4.30. The molecule has 0 fully saturated rings. The molecule has 3 aromatic rings. The van der Waals surface area contributed by atoms with Crippen molar-refractivity contribution >= 4 is 28.1 Å². The molecule has 178 valence electrons. The highest BCUT2D eigenvalue weighted by Gasteiger charge is 2.21. The SMILES string of the molecule is COc1cc2nccc(N[C@H](C)c3cccc(C(F)F)c3F)c2cc1C1=CCN(C(C)=O)CC1. The van der Waals surface area contributed by atoms with E-state index >= 15 is 0 Å². The molecular formula is C26H26F3N3O2. The van der Waals surface area contributed by atoms with Gasteiger partial charge in [-0.05, 0) is 31.1 Å². The van der Waals surface area contributed by atoms with Gasteiger partial charge in [-0.25, -0.2) is 13.2 Å². The van der Waals surface area contributed by atoms with Crippen LogP contribution in [0.4, 0.5) is 18.9 Å². The number of benzene rings is 2. The first-order valence-electron chi connectivity index (χ1n) is 11.0. The third kappa shape index (κ3) is 4.58. The monoisotopic (exact) mass is 469 g/mol. The summed E-state index contributed by atoms with van der Waals surface area (Å²) in [4.78, 5) is 17.9. The van der Waals surface area contributed by atoms with Crippen molar-refractivity contribution in [1.82, 2.24) is 9.88 Å². The Morgan fingerprint density at radius 1 is 1.21 bits per heavy atom. The summed E-state index contributed by atoms with van der Waals surface area (Å²) >= 11 is 0. The molecule has 34 heavy (non-hydrogen) atoms. The van der Waals surface area contributed by atoms with Crippen LogP contribution < -0.4 is 10.1 Å². The summed E-state index contributed by atoms with van der Waals surface area (Å²) in [7, 11) is 1.60. The molecule has 2 aromatic carbocycles. The average molecular weight is 470 g/mol. The van der Waals surface area contributed by atoms with Crippen LogP contribution >= 0.6 is 0 Å². The number of hydrogen-bond donors (Lipinski definition) is 1. The fraction of sp³-hybridized carbons (Fsp3) is 0.308. The smallest absolute Gasteiger partial charge is 0.266 e. The summed E-state index contributed by atoms with van der Waals surface area (Å²) in [6.07, 6.45) is 1.46. The molecule has 0 spiro atoms. The average Bonchev–Trinajstić information content (AvgIpc) is 2.83. The Labute approximate surface area is 196 Å². The standard InChI is InChI=1S/C26H26F3N3O2/c1-15(18-5-4-6-19(25(18)27)26(28)29)31-22-7-10-30-23-14-24(34-3)20(13-21(22)23)17-8-11-32(12-9-17)16(2)33/h4-8,10,13-15,26H,9,11-12H2,1-3H3,(H,30,31)/t15-/m1/s1. The third-order valence-electron chi connectivity index (χ3n) is 6.20. The van der Waals surface area contributed by atoms with Gasteiger partial charge in [0, 0.05) is 54.5 Å². The summed E-state index contributed by atoms with van der Waals surface area (Å²) in [5.41, 5.74) is 2.89. The van der Waals surface area contributed by atoms with E-state index in [1.165, 1.54) is 12.1 Å². The van der Waals surface area contributed by atoms with E-state index in [-0.39, 0.29) is 11.5 Å². The number of nitrogens with zero attached hydrogens (tertiary/aromatic N) is 2. The molecule has 0 saturated carbocycles. The van der Waals surface area contributed by atoms with E-state index in [9.17, 15) is 18.0 Å².